The number of urea groups is 1. The molecule has 1 heterocycles. The van der Waals surface area contributed by atoms with E-state index in [4.69, 9.17) is 0 Å². The summed E-state index contributed by atoms with van der Waals surface area (Å²) in [5.41, 5.74) is 1.77. The van der Waals surface area contributed by atoms with Gasteiger partial charge in [-0.2, -0.15) is 0 Å². The second-order valence-corrected chi connectivity index (χ2v) is 4.82. The Morgan fingerprint density at radius 2 is 2.33 bits per heavy atom. The Balaban J connectivity index is 1.95. The van der Waals surface area contributed by atoms with Crippen molar-refractivity contribution in [2.75, 3.05) is 20.1 Å². The molecule has 18 heavy (non-hydrogen) atoms. The van der Waals surface area contributed by atoms with Gasteiger partial charge in [-0.3, -0.25) is 0 Å². The van der Waals surface area contributed by atoms with E-state index in [2.05, 4.69) is 28.2 Å². The van der Waals surface area contributed by atoms with Gasteiger partial charge in [-0.1, -0.05) is 31.2 Å². The van der Waals surface area contributed by atoms with Gasteiger partial charge in [-0.25, -0.2) is 9.79 Å². The van der Waals surface area contributed by atoms with E-state index in [1.807, 2.05) is 31.4 Å². The third-order valence-corrected chi connectivity index (χ3v) is 2.99. The van der Waals surface area contributed by atoms with Crippen molar-refractivity contribution in [1.29, 1.82) is 0 Å². The molecule has 0 saturated carbocycles. The minimum absolute atomic E-state index is 0.273. The van der Waals surface area contributed by atoms with Gasteiger partial charge >= 0.3 is 6.03 Å². The number of nitrogens with one attached hydrogen (secondary N) is 1. The predicted molar refractivity (Wildman–Crippen MR) is 73.6 cm³/mol. The van der Waals surface area contributed by atoms with Crippen molar-refractivity contribution in [3.63, 3.8) is 0 Å². The highest BCUT2D eigenvalue weighted by Gasteiger charge is 2.15. The van der Waals surface area contributed by atoms with Crippen LogP contribution in [0.2, 0.25) is 0 Å². The van der Waals surface area contributed by atoms with Crippen molar-refractivity contribution in [3.8, 4) is 0 Å². The number of hydrogen-bond acceptors (Lipinski definition) is 2. The van der Waals surface area contributed by atoms with Crippen LogP contribution in [-0.4, -0.2) is 36.8 Å². The Labute approximate surface area is 108 Å². The Morgan fingerprint density at radius 1 is 1.50 bits per heavy atom. The zero-order valence-electron chi connectivity index (χ0n) is 10.9. The van der Waals surface area contributed by atoms with Crippen LogP contribution in [0.25, 0.3) is 0 Å². The van der Waals surface area contributed by atoms with Crippen LogP contribution >= 0.6 is 0 Å². The molecule has 0 bridgehead atoms. The maximum Gasteiger partial charge on any atom is 0.345 e. The lowest BCUT2D eigenvalue weighted by atomic mass is 10.1. The lowest BCUT2D eigenvalue weighted by Gasteiger charge is -2.05. The van der Waals surface area contributed by atoms with E-state index < -0.39 is 0 Å². The van der Waals surface area contributed by atoms with Crippen LogP contribution < -0.4 is 5.32 Å². The maximum atomic E-state index is 11.8. The molecule has 2 rings (SSSR count). The molecule has 4 heteroatoms. The van der Waals surface area contributed by atoms with Gasteiger partial charge in [0.25, 0.3) is 0 Å². The topological polar surface area (TPSA) is 44.7 Å². The standard InChI is InChI=1S/C14H19N3O/c1-11-5-3-4-6-12(9-11)15-14(18)16-13-7-8-17(2)10-13/h3-6,9,11H,7-8,10H2,1-2H3,(H,15,18)/b16-13+. The molecule has 1 saturated heterocycles. The number of carbonyl (C=O) groups excluding carboxylic acids is 1. The van der Waals surface area contributed by atoms with Crippen molar-refractivity contribution in [2.24, 2.45) is 10.9 Å². The Bertz CT molecular complexity index is 446. The minimum atomic E-state index is -0.273. The average Bonchev–Trinajstić information content (AvgIpc) is 2.57. The van der Waals surface area contributed by atoms with Crippen LogP contribution in [0.3, 0.4) is 0 Å². The molecule has 0 aromatic rings. The number of rotatable bonds is 1. The second kappa shape index (κ2) is 5.78. The molecule has 1 aliphatic carbocycles. The number of aliphatic imine (C=N–C) groups is 1. The lowest BCUT2D eigenvalue weighted by Crippen LogP contribution is -2.21. The molecule has 0 radical (unpaired) electrons. The van der Waals surface area contributed by atoms with E-state index in [0.717, 1.165) is 30.9 Å². The van der Waals surface area contributed by atoms with Gasteiger partial charge in [0.1, 0.15) is 0 Å². The predicted octanol–water partition coefficient (Wildman–Crippen LogP) is 2.12. The summed E-state index contributed by atoms with van der Waals surface area (Å²) in [5, 5.41) is 2.82. The molecule has 4 nitrogen and oxygen atoms in total. The molecule has 2 amide bonds. The van der Waals surface area contributed by atoms with Gasteiger partial charge in [0, 0.05) is 24.5 Å². The normalized spacial score (nSPS) is 26.2. The van der Waals surface area contributed by atoms with E-state index in [9.17, 15) is 4.79 Å². The number of carbonyl (C=O) groups is 1. The molecule has 1 fully saturated rings. The number of amides is 2. The number of nitrogens with zero attached hydrogens (tertiary/aromatic N) is 2. The summed E-state index contributed by atoms with van der Waals surface area (Å²) in [7, 11) is 2.03. The van der Waals surface area contributed by atoms with Gasteiger partial charge in [0.05, 0.1) is 0 Å². The molecular weight excluding hydrogens is 226 g/mol. The highest BCUT2D eigenvalue weighted by molar-refractivity contribution is 5.97. The average molecular weight is 245 g/mol. The lowest BCUT2D eigenvalue weighted by molar-refractivity contribution is 0.251. The van der Waals surface area contributed by atoms with E-state index >= 15 is 0 Å². The number of likely N-dealkylation sites (tertiary alicyclic amines) is 1. The molecule has 0 aromatic carbocycles. The first-order chi connectivity index (χ1) is 8.63. The fourth-order valence-electron chi connectivity index (χ4n) is 2.05. The minimum Gasteiger partial charge on any atom is -0.306 e. The molecule has 96 valence electrons. The van der Waals surface area contributed by atoms with E-state index in [-0.39, 0.29) is 6.03 Å². The summed E-state index contributed by atoms with van der Waals surface area (Å²) >= 11 is 0. The van der Waals surface area contributed by atoms with Crippen LogP contribution in [0, 0.1) is 5.92 Å². The van der Waals surface area contributed by atoms with Crippen molar-refractivity contribution >= 4 is 11.7 Å². The van der Waals surface area contributed by atoms with E-state index in [1.165, 1.54) is 0 Å². The first kappa shape index (κ1) is 12.8. The van der Waals surface area contributed by atoms with Crippen molar-refractivity contribution in [2.45, 2.75) is 13.3 Å². The molecule has 1 aliphatic heterocycles. The first-order valence-corrected chi connectivity index (χ1v) is 6.26. The third kappa shape index (κ3) is 3.67. The van der Waals surface area contributed by atoms with E-state index in [0.29, 0.717) is 5.92 Å². The maximum absolute atomic E-state index is 11.8. The summed E-state index contributed by atoms with van der Waals surface area (Å²) in [5.74, 6) is 0.320. The Kier molecular flexibility index (Phi) is 4.10. The van der Waals surface area contributed by atoms with Crippen LogP contribution in [0.4, 0.5) is 4.79 Å². The van der Waals surface area contributed by atoms with Crippen LogP contribution in [0.5, 0.6) is 0 Å². The zero-order valence-corrected chi connectivity index (χ0v) is 10.9. The highest BCUT2D eigenvalue weighted by Crippen LogP contribution is 2.09. The van der Waals surface area contributed by atoms with Gasteiger partial charge in [-0.05, 0) is 25.5 Å². The summed E-state index contributed by atoms with van der Waals surface area (Å²) < 4.78 is 0. The van der Waals surface area contributed by atoms with Crippen molar-refractivity contribution in [1.82, 2.24) is 10.2 Å². The highest BCUT2D eigenvalue weighted by atomic mass is 16.2. The molecular formula is C14H19N3O. The molecule has 0 aromatic heterocycles. The van der Waals surface area contributed by atoms with Gasteiger partial charge in [-0.15, -0.1) is 0 Å². The second-order valence-electron chi connectivity index (χ2n) is 4.82. The summed E-state index contributed by atoms with van der Waals surface area (Å²) in [6.07, 6.45) is 10.8. The molecule has 0 spiro atoms. The van der Waals surface area contributed by atoms with Gasteiger partial charge in [0.2, 0.25) is 0 Å². The third-order valence-electron chi connectivity index (χ3n) is 2.99. The number of hydrogen-bond donors (Lipinski definition) is 1. The monoisotopic (exact) mass is 245 g/mol. The summed E-state index contributed by atoms with van der Waals surface area (Å²) in [6, 6.07) is -0.273. The largest absolute Gasteiger partial charge is 0.345 e. The molecule has 1 atom stereocenters. The Morgan fingerprint density at radius 3 is 3.06 bits per heavy atom. The smallest absolute Gasteiger partial charge is 0.306 e. The van der Waals surface area contributed by atoms with Crippen molar-refractivity contribution < 1.29 is 4.79 Å². The SMILES string of the molecule is CC1C=CC=CC(NC(=O)/N=C2\CCN(C)C2)=C1. The van der Waals surface area contributed by atoms with Gasteiger partial charge < -0.3 is 10.2 Å². The van der Waals surface area contributed by atoms with Gasteiger partial charge in [0.15, 0.2) is 0 Å². The van der Waals surface area contributed by atoms with Crippen LogP contribution in [0.15, 0.2) is 41.1 Å². The molecule has 1 N–H and O–H groups in total. The quantitative estimate of drug-likeness (QED) is 0.769. The van der Waals surface area contributed by atoms with Crippen molar-refractivity contribution in [3.05, 3.63) is 36.1 Å². The van der Waals surface area contributed by atoms with Crippen LogP contribution in [0.1, 0.15) is 13.3 Å². The molecule has 1 unspecified atom stereocenters. The number of allylic oxidation sites excluding steroid dienone is 5. The summed E-state index contributed by atoms with van der Waals surface area (Å²) in [6.45, 7) is 3.85. The van der Waals surface area contributed by atoms with E-state index in [1.54, 1.807) is 0 Å². The van der Waals surface area contributed by atoms with Crippen LogP contribution in [-0.2, 0) is 0 Å². The Hall–Kier alpha value is -1.68. The fraction of sp³-hybridized carbons (Fsp3) is 0.429. The first-order valence-electron chi connectivity index (χ1n) is 6.26. The zero-order chi connectivity index (χ0) is 13.0. The fourth-order valence-corrected chi connectivity index (χ4v) is 2.05. The summed E-state index contributed by atoms with van der Waals surface area (Å²) in [4.78, 5) is 18.0. The molecule has 2 aliphatic rings.